The zero-order valence-electron chi connectivity index (χ0n) is 8.54. The van der Waals surface area contributed by atoms with Gasteiger partial charge >= 0.3 is 6.18 Å². The molecule has 0 aliphatic rings. The highest BCUT2D eigenvalue weighted by Gasteiger charge is 2.30. The Labute approximate surface area is 89.7 Å². The van der Waals surface area contributed by atoms with Crippen LogP contribution in [0.25, 0.3) is 11.0 Å². The van der Waals surface area contributed by atoms with E-state index in [1.165, 1.54) is 6.07 Å². The lowest BCUT2D eigenvalue weighted by Gasteiger charge is -2.06. The second kappa shape index (κ2) is 3.40. The van der Waals surface area contributed by atoms with E-state index in [-0.39, 0.29) is 11.5 Å². The minimum atomic E-state index is -4.35. The monoisotopic (exact) mass is 229 g/mol. The molecule has 0 unspecified atom stereocenters. The molecule has 6 heteroatoms. The van der Waals surface area contributed by atoms with Crippen molar-refractivity contribution in [2.24, 2.45) is 0 Å². The predicted molar refractivity (Wildman–Crippen MR) is 54.8 cm³/mol. The first-order valence-corrected chi connectivity index (χ1v) is 4.76. The zero-order valence-corrected chi connectivity index (χ0v) is 8.54. The Kier molecular flexibility index (Phi) is 2.29. The fourth-order valence-electron chi connectivity index (χ4n) is 1.66. The van der Waals surface area contributed by atoms with Gasteiger partial charge < -0.3 is 10.3 Å². The van der Waals surface area contributed by atoms with E-state index < -0.39 is 11.7 Å². The van der Waals surface area contributed by atoms with Crippen LogP contribution in [0.1, 0.15) is 12.5 Å². The van der Waals surface area contributed by atoms with Gasteiger partial charge in [-0.15, -0.1) is 0 Å². The average molecular weight is 229 g/mol. The van der Waals surface area contributed by atoms with Crippen LogP contribution in [-0.4, -0.2) is 9.55 Å². The molecular weight excluding hydrogens is 219 g/mol. The van der Waals surface area contributed by atoms with Gasteiger partial charge in [0.05, 0.1) is 16.6 Å². The van der Waals surface area contributed by atoms with Gasteiger partial charge in [0.25, 0.3) is 0 Å². The maximum Gasteiger partial charge on any atom is 0.416 e. The molecule has 0 fully saturated rings. The van der Waals surface area contributed by atoms with E-state index in [2.05, 4.69) is 4.98 Å². The Balaban J connectivity index is 2.65. The van der Waals surface area contributed by atoms with Crippen molar-refractivity contribution in [2.45, 2.75) is 19.6 Å². The van der Waals surface area contributed by atoms with Crippen molar-refractivity contribution in [3.05, 3.63) is 23.8 Å². The quantitative estimate of drug-likeness (QED) is 0.816. The molecule has 0 aliphatic heterocycles. The summed E-state index contributed by atoms with van der Waals surface area (Å²) < 4.78 is 39.0. The van der Waals surface area contributed by atoms with Crippen molar-refractivity contribution < 1.29 is 13.2 Å². The Morgan fingerprint density at radius 3 is 2.62 bits per heavy atom. The van der Waals surface area contributed by atoms with Crippen LogP contribution < -0.4 is 5.73 Å². The van der Waals surface area contributed by atoms with Crippen LogP contribution in [-0.2, 0) is 12.7 Å². The molecule has 0 amide bonds. The van der Waals surface area contributed by atoms with Gasteiger partial charge in [-0.1, -0.05) is 0 Å². The highest BCUT2D eigenvalue weighted by atomic mass is 19.4. The van der Waals surface area contributed by atoms with Crippen LogP contribution in [0.4, 0.5) is 19.1 Å². The van der Waals surface area contributed by atoms with Crippen molar-refractivity contribution in [1.29, 1.82) is 0 Å². The third-order valence-corrected chi connectivity index (χ3v) is 2.42. The van der Waals surface area contributed by atoms with E-state index in [1.807, 2.05) is 6.92 Å². The third kappa shape index (κ3) is 1.60. The second-order valence-corrected chi connectivity index (χ2v) is 3.42. The maximum absolute atomic E-state index is 12.4. The highest BCUT2D eigenvalue weighted by Crippen LogP contribution is 2.31. The molecule has 1 aromatic carbocycles. The minimum Gasteiger partial charge on any atom is -0.369 e. The molecule has 86 valence electrons. The number of hydrogen-bond acceptors (Lipinski definition) is 2. The molecule has 0 atom stereocenters. The number of rotatable bonds is 1. The summed E-state index contributed by atoms with van der Waals surface area (Å²) in [4.78, 5) is 3.90. The van der Waals surface area contributed by atoms with Crippen LogP contribution in [0.15, 0.2) is 18.2 Å². The van der Waals surface area contributed by atoms with Crippen molar-refractivity contribution >= 4 is 17.0 Å². The fourth-order valence-corrected chi connectivity index (χ4v) is 1.66. The Bertz CT molecular complexity index is 528. The number of nitrogen functional groups attached to an aromatic ring is 1. The lowest BCUT2D eigenvalue weighted by molar-refractivity contribution is -0.137. The van der Waals surface area contributed by atoms with E-state index >= 15 is 0 Å². The van der Waals surface area contributed by atoms with E-state index in [0.717, 1.165) is 12.1 Å². The van der Waals surface area contributed by atoms with E-state index in [0.29, 0.717) is 12.1 Å². The first-order valence-electron chi connectivity index (χ1n) is 4.76. The summed E-state index contributed by atoms with van der Waals surface area (Å²) in [5.74, 6) is 0.233. The van der Waals surface area contributed by atoms with E-state index in [9.17, 15) is 13.2 Å². The number of nitrogens with two attached hydrogens (primary N) is 1. The van der Waals surface area contributed by atoms with Gasteiger partial charge in [-0.25, -0.2) is 4.98 Å². The predicted octanol–water partition coefficient (Wildman–Crippen LogP) is 2.66. The number of anilines is 1. The number of halogens is 3. The van der Waals surface area contributed by atoms with Crippen molar-refractivity contribution in [3.63, 3.8) is 0 Å². The molecule has 1 aromatic heterocycles. The minimum absolute atomic E-state index is 0.233. The van der Waals surface area contributed by atoms with Gasteiger partial charge in [0.2, 0.25) is 5.95 Å². The SMILES string of the molecule is CCn1c(N)nc2cc(C(F)(F)F)ccc21. The third-order valence-electron chi connectivity index (χ3n) is 2.42. The molecule has 2 aromatic rings. The molecular formula is C10H10F3N3. The van der Waals surface area contributed by atoms with Gasteiger partial charge in [0.1, 0.15) is 0 Å². The largest absolute Gasteiger partial charge is 0.416 e. The summed E-state index contributed by atoms with van der Waals surface area (Å²) in [6, 6.07) is 3.44. The summed E-state index contributed by atoms with van der Waals surface area (Å²) in [6.45, 7) is 2.43. The number of fused-ring (bicyclic) bond motifs is 1. The first kappa shape index (κ1) is 10.8. The maximum atomic E-state index is 12.4. The lowest BCUT2D eigenvalue weighted by Crippen LogP contribution is -2.04. The molecule has 2 rings (SSSR count). The molecule has 0 bridgehead atoms. The van der Waals surface area contributed by atoms with Gasteiger partial charge in [-0.05, 0) is 25.1 Å². The van der Waals surface area contributed by atoms with Crippen LogP contribution in [0.5, 0.6) is 0 Å². The van der Waals surface area contributed by atoms with Crippen molar-refractivity contribution in [1.82, 2.24) is 9.55 Å². The highest BCUT2D eigenvalue weighted by molar-refractivity contribution is 5.79. The molecule has 16 heavy (non-hydrogen) atoms. The Hall–Kier alpha value is -1.72. The number of imidazole rings is 1. The van der Waals surface area contributed by atoms with Crippen LogP contribution in [0.3, 0.4) is 0 Å². The van der Waals surface area contributed by atoms with E-state index in [4.69, 9.17) is 5.73 Å². The van der Waals surface area contributed by atoms with Crippen LogP contribution >= 0.6 is 0 Å². The molecule has 0 spiro atoms. The fraction of sp³-hybridized carbons (Fsp3) is 0.300. The first-order chi connectivity index (χ1) is 7.43. The van der Waals surface area contributed by atoms with E-state index in [1.54, 1.807) is 4.57 Å². The molecule has 1 heterocycles. The van der Waals surface area contributed by atoms with Gasteiger partial charge in [0, 0.05) is 6.54 Å². The van der Waals surface area contributed by atoms with Crippen LogP contribution in [0.2, 0.25) is 0 Å². The smallest absolute Gasteiger partial charge is 0.369 e. The molecule has 0 aliphatic carbocycles. The van der Waals surface area contributed by atoms with Crippen molar-refractivity contribution in [3.8, 4) is 0 Å². The van der Waals surface area contributed by atoms with Gasteiger partial charge in [-0.3, -0.25) is 0 Å². The summed E-state index contributed by atoms with van der Waals surface area (Å²) >= 11 is 0. The number of aryl methyl sites for hydroxylation is 1. The Morgan fingerprint density at radius 1 is 1.38 bits per heavy atom. The molecule has 2 N–H and O–H groups in total. The van der Waals surface area contributed by atoms with Gasteiger partial charge in [-0.2, -0.15) is 13.2 Å². The molecule has 3 nitrogen and oxygen atoms in total. The molecule has 0 saturated carbocycles. The van der Waals surface area contributed by atoms with Crippen LogP contribution in [0, 0.1) is 0 Å². The molecule has 0 saturated heterocycles. The number of benzene rings is 1. The summed E-state index contributed by atoms with van der Waals surface area (Å²) in [5, 5.41) is 0. The number of aromatic nitrogens is 2. The summed E-state index contributed by atoms with van der Waals surface area (Å²) in [6.07, 6.45) is -4.35. The normalized spacial score (nSPS) is 12.2. The zero-order chi connectivity index (χ0) is 11.9. The number of hydrogen-bond donors (Lipinski definition) is 1. The Morgan fingerprint density at radius 2 is 2.06 bits per heavy atom. The topological polar surface area (TPSA) is 43.8 Å². The number of alkyl halides is 3. The van der Waals surface area contributed by atoms with Gasteiger partial charge in [0.15, 0.2) is 0 Å². The summed E-state index contributed by atoms with van der Waals surface area (Å²) in [7, 11) is 0. The van der Waals surface area contributed by atoms with Crippen molar-refractivity contribution in [2.75, 3.05) is 5.73 Å². The summed E-state index contributed by atoms with van der Waals surface area (Å²) in [5.41, 5.74) is 5.78. The molecule has 0 radical (unpaired) electrons. The average Bonchev–Trinajstić information content (AvgIpc) is 2.50. The number of nitrogens with zero attached hydrogens (tertiary/aromatic N) is 2. The second-order valence-electron chi connectivity index (χ2n) is 3.42. The lowest BCUT2D eigenvalue weighted by atomic mass is 10.2. The standard InChI is InChI=1S/C10H10F3N3/c1-2-16-8-4-3-6(10(11,12)13)5-7(8)15-9(16)14/h3-5H,2H2,1H3,(H2,14,15).